The molecule has 0 aromatic carbocycles. The fourth-order valence-electron chi connectivity index (χ4n) is 9.92. The third kappa shape index (κ3) is 4.36. The number of hydrogen-bond acceptors (Lipinski definition) is 5. The minimum atomic E-state index is -0.656. The molecule has 1 N–H and O–H groups in total. The third-order valence-electron chi connectivity index (χ3n) is 11.6. The van der Waals surface area contributed by atoms with Crippen molar-refractivity contribution in [2.45, 2.75) is 124 Å². The Hall–Kier alpha value is -1.10. The summed E-state index contributed by atoms with van der Waals surface area (Å²) in [5.41, 5.74) is 0.415. The first-order valence-electron chi connectivity index (χ1n) is 14.5. The van der Waals surface area contributed by atoms with E-state index in [-0.39, 0.29) is 17.5 Å². The van der Waals surface area contributed by atoms with Gasteiger partial charge in [-0.15, -0.1) is 0 Å². The number of esters is 1. The third-order valence-corrected chi connectivity index (χ3v) is 11.6. The van der Waals surface area contributed by atoms with Crippen molar-refractivity contribution in [3.63, 3.8) is 0 Å². The van der Waals surface area contributed by atoms with Crippen LogP contribution in [0.5, 0.6) is 0 Å². The summed E-state index contributed by atoms with van der Waals surface area (Å²) in [7, 11) is 1.76. The summed E-state index contributed by atoms with van der Waals surface area (Å²) < 4.78 is 12.0. The molecule has 0 unspecified atom stereocenters. The molecule has 5 heteroatoms. The van der Waals surface area contributed by atoms with Gasteiger partial charge in [0, 0.05) is 25.9 Å². The zero-order valence-corrected chi connectivity index (χ0v) is 23.4. The van der Waals surface area contributed by atoms with Crippen LogP contribution in [0.15, 0.2) is 5.16 Å². The fourth-order valence-corrected chi connectivity index (χ4v) is 9.92. The van der Waals surface area contributed by atoms with Crippen molar-refractivity contribution >= 4 is 11.7 Å². The minimum Gasteiger partial charge on any atom is -0.462 e. The van der Waals surface area contributed by atoms with E-state index in [2.05, 4.69) is 39.8 Å². The number of rotatable bonds is 7. The van der Waals surface area contributed by atoms with Gasteiger partial charge >= 0.3 is 5.97 Å². The van der Waals surface area contributed by atoms with Crippen LogP contribution in [0.3, 0.4) is 0 Å². The summed E-state index contributed by atoms with van der Waals surface area (Å²) in [5.74, 6) is 3.92. The SMILES string of the molecule is CO[C@]12C[C@@H](OC(C)=O)CC[C@]1(C)[C@H]1CC[C@]3(C)[C@@H]([C@H](C)CCCC(C)C)CC[C@H]3[C@@H]1C/C2=N\O. The predicted octanol–water partition coefficient (Wildman–Crippen LogP) is 7.25. The number of ether oxygens (including phenoxy) is 2. The van der Waals surface area contributed by atoms with Gasteiger partial charge in [-0.25, -0.2) is 0 Å². The Morgan fingerprint density at radius 3 is 2.46 bits per heavy atom. The maximum absolute atomic E-state index is 11.7. The van der Waals surface area contributed by atoms with E-state index in [0.717, 1.165) is 42.7 Å². The van der Waals surface area contributed by atoms with Crippen LogP contribution in [0, 0.1) is 46.3 Å². The smallest absolute Gasteiger partial charge is 0.302 e. The van der Waals surface area contributed by atoms with Gasteiger partial charge in [-0.1, -0.05) is 59.0 Å². The molecule has 4 aliphatic rings. The molecule has 4 aliphatic carbocycles. The molecule has 9 atom stereocenters. The number of carbonyl (C=O) groups excluding carboxylic acids is 1. The van der Waals surface area contributed by atoms with Gasteiger partial charge in [0.25, 0.3) is 0 Å². The van der Waals surface area contributed by atoms with Crippen LogP contribution < -0.4 is 0 Å². The summed E-state index contributed by atoms with van der Waals surface area (Å²) in [6.07, 6.45) is 12.3. The number of hydrogen-bond donors (Lipinski definition) is 1. The lowest BCUT2D eigenvalue weighted by atomic mass is 9.42. The van der Waals surface area contributed by atoms with Crippen molar-refractivity contribution in [1.82, 2.24) is 0 Å². The first-order valence-corrected chi connectivity index (χ1v) is 14.5. The van der Waals surface area contributed by atoms with E-state index in [1.54, 1.807) is 7.11 Å². The van der Waals surface area contributed by atoms with Crippen molar-refractivity contribution < 1.29 is 19.5 Å². The minimum absolute atomic E-state index is 0.106. The molecular formula is C30H51NO4. The Bertz CT molecular complexity index is 810. The second-order valence-corrected chi connectivity index (χ2v) is 13.6. The summed E-state index contributed by atoms with van der Waals surface area (Å²) in [6.45, 7) is 13.6. The Labute approximate surface area is 213 Å². The average molecular weight is 490 g/mol. The highest BCUT2D eigenvalue weighted by molar-refractivity contribution is 5.94. The van der Waals surface area contributed by atoms with Crippen molar-refractivity contribution in [3.8, 4) is 0 Å². The highest BCUT2D eigenvalue weighted by Crippen LogP contribution is 2.69. The zero-order valence-electron chi connectivity index (χ0n) is 23.4. The van der Waals surface area contributed by atoms with Crippen molar-refractivity contribution in [2.75, 3.05) is 7.11 Å². The summed E-state index contributed by atoms with van der Waals surface area (Å²) >= 11 is 0. The number of methoxy groups -OCH3 is 1. The summed E-state index contributed by atoms with van der Waals surface area (Å²) in [4.78, 5) is 11.7. The van der Waals surface area contributed by atoms with Crippen LogP contribution in [-0.4, -0.2) is 35.7 Å². The molecule has 4 saturated carbocycles. The molecule has 0 spiro atoms. The molecule has 4 rings (SSSR count). The maximum atomic E-state index is 11.7. The van der Waals surface area contributed by atoms with Crippen LogP contribution in [0.25, 0.3) is 0 Å². The molecule has 0 aromatic rings. The van der Waals surface area contributed by atoms with E-state index in [4.69, 9.17) is 9.47 Å². The van der Waals surface area contributed by atoms with Crippen LogP contribution in [-0.2, 0) is 14.3 Å². The monoisotopic (exact) mass is 489 g/mol. The number of fused-ring (bicyclic) bond motifs is 5. The number of nitrogens with zero attached hydrogens (tertiary/aromatic N) is 1. The van der Waals surface area contributed by atoms with Crippen molar-refractivity contribution in [1.29, 1.82) is 0 Å². The van der Waals surface area contributed by atoms with Crippen LogP contribution in [0.2, 0.25) is 0 Å². The largest absolute Gasteiger partial charge is 0.462 e. The first-order chi connectivity index (χ1) is 16.5. The molecule has 200 valence electrons. The molecule has 0 saturated heterocycles. The van der Waals surface area contributed by atoms with Gasteiger partial charge < -0.3 is 14.7 Å². The molecule has 0 aromatic heterocycles. The molecular weight excluding hydrogens is 438 g/mol. The van der Waals surface area contributed by atoms with Crippen LogP contribution in [0.1, 0.15) is 112 Å². The van der Waals surface area contributed by atoms with Gasteiger partial charge in [0.1, 0.15) is 11.7 Å². The quantitative estimate of drug-likeness (QED) is 0.232. The number of carbonyl (C=O) groups is 1. The van der Waals surface area contributed by atoms with Crippen molar-refractivity contribution in [2.24, 2.45) is 51.5 Å². The lowest BCUT2D eigenvalue weighted by molar-refractivity contribution is -0.192. The van der Waals surface area contributed by atoms with Gasteiger partial charge in [-0.2, -0.15) is 0 Å². The first kappa shape index (κ1) is 26.9. The standard InChI is InChI=1S/C30H51NO4/c1-19(2)9-8-10-20(3)24-11-12-25-23-17-27(31-33)30(34-7)18-22(35-21(4)32)13-16-29(30,6)26(23)14-15-28(24,25)5/h19-20,22-26,33H,8-18H2,1-7H3/b31-27+/t20-,22+,23+,24-,25+,26+,28-,29-,30+/m1/s1. The molecule has 0 radical (unpaired) electrons. The van der Waals surface area contributed by atoms with Gasteiger partial charge in [0.05, 0.1) is 5.71 Å². The van der Waals surface area contributed by atoms with E-state index < -0.39 is 5.60 Å². The van der Waals surface area contributed by atoms with E-state index in [1.807, 2.05) is 0 Å². The lowest BCUT2D eigenvalue weighted by Gasteiger charge is -2.65. The summed E-state index contributed by atoms with van der Waals surface area (Å²) in [6, 6.07) is 0. The Balaban J connectivity index is 1.59. The molecule has 0 aliphatic heterocycles. The fraction of sp³-hybridized carbons (Fsp3) is 0.933. The topological polar surface area (TPSA) is 68.1 Å². The van der Waals surface area contributed by atoms with E-state index in [0.29, 0.717) is 29.6 Å². The molecule has 35 heavy (non-hydrogen) atoms. The van der Waals surface area contributed by atoms with Crippen molar-refractivity contribution in [3.05, 3.63) is 0 Å². The number of oxime groups is 1. The molecule has 0 heterocycles. The molecule has 0 bridgehead atoms. The average Bonchev–Trinajstić information content (AvgIpc) is 3.15. The predicted molar refractivity (Wildman–Crippen MR) is 139 cm³/mol. The second-order valence-electron chi connectivity index (χ2n) is 13.6. The van der Waals surface area contributed by atoms with E-state index in [1.165, 1.54) is 51.9 Å². The van der Waals surface area contributed by atoms with E-state index >= 15 is 0 Å². The summed E-state index contributed by atoms with van der Waals surface area (Å²) in [5, 5.41) is 14.2. The maximum Gasteiger partial charge on any atom is 0.302 e. The Morgan fingerprint density at radius 2 is 1.83 bits per heavy atom. The van der Waals surface area contributed by atoms with Gasteiger partial charge in [0.2, 0.25) is 0 Å². The van der Waals surface area contributed by atoms with Gasteiger partial charge in [-0.3, -0.25) is 4.79 Å². The molecule has 5 nitrogen and oxygen atoms in total. The highest BCUT2D eigenvalue weighted by atomic mass is 16.5. The highest BCUT2D eigenvalue weighted by Gasteiger charge is 2.68. The van der Waals surface area contributed by atoms with E-state index in [9.17, 15) is 10.0 Å². The zero-order chi connectivity index (χ0) is 25.6. The van der Waals surface area contributed by atoms with Crippen LogP contribution in [0.4, 0.5) is 0 Å². The Morgan fingerprint density at radius 1 is 1.09 bits per heavy atom. The molecule has 0 amide bonds. The normalized spacial score (nSPS) is 45.0. The molecule has 4 fully saturated rings. The lowest BCUT2D eigenvalue weighted by Crippen LogP contribution is -2.68. The Kier molecular flexibility index (Phi) is 7.69. The van der Waals surface area contributed by atoms with Gasteiger partial charge in [-0.05, 0) is 85.9 Å². The van der Waals surface area contributed by atoms with Crippen LogP contribution >= 0.6 is 0 Å². The van der Waals surface area contributed by atoms with Gasteiger partial charge in [0.15, 0.2) is 0 Å². The second kappa shape index (κ2) is 9.99.